The van der Waals surface area contributed by atoms with E-state index in [2.05, 4.69) is 15.5 Å². The zero-order valence-electron chi connectivity index (χ0n) is 19.6. The van der Waals surface area contributed by atoms with Crippen LogP contribution in [0.4, 0.5) is 5.69 Å². The highest BCUT2D eigenvalue weighted by molar-refractivity contribution is 6.03. The molecular weight excluding hydrogens is 432 g/mol. The minimum Gasteiger partial charge on any atom is -0.418 e. The van der Waals surface area contributed by atoms with Crippen LogP contribution in [0.25, 0.3) is 0 Å². The van der Waals surface area contributed by atoms with Gasteiger partial charge in [-0.3, -0.25) is 14.4 Å². The van der Waals surface area contributed by atoms with Crippen molar-refractivity contribution in [2.45, 2.75) is 46.1 Å². The Kier molecular flexibility index (Phi) is 6.86. The summed E-state index contributed by atoms with van der Waals surface area (Å²) >= 11 is 0. The van der Waals surface area contributed by atoms with Gasteiger partial charge in [0.15, 0.2) is 0 Å². The monoisotopic (exact) mass is 460 g/mol. The van der Waals surface area contributed by atoms with E-state index in [1.807, 2.05) is 69.3 Å². The Morgan fingerprint density at radius 2 is 1.88 bits per heavy atom. The van der Waals surface area contributed by atoms with Crippen LogP contribution >= 0.6 is 0 Å². The van der Waals surface area contributed by atoms with Gasteiger partial charge in [0.25, 0.3) is 5.89 Å². The maximum absolute atomic E-state index is 13.1. The molecule has 0 radical (unpaired) electrons. The van der Waals surface area contributed by atoms with E-state index in [0.717, 1.165) is 22.4 Å². The van der Waals surface area contributed by atoms with Crippen LogP contribution < -0.4 is 10.2 Å². The lowest BCUT2D eigenvalue weighted by atomic mass is 9.99. The lowest BCUT2D eigenvalue weighted by Crippen LogP contribution is -2.50. The number of nitrogens with one attached hydrogen (secondary N) is 1. The minimum atomic E-state index is -0.852. The fraction of sp³-hybridized carbons (Fsp3) is 0.346. The van der Waals surface area contributed by atoms with Crippen LogP contribution in [0.5, 0.6) is 0 Å². The van der Waals surface area contributed by atoms with Crippen molar-refractivity contribution < 1.29 is 18.8 Å². The molecule has 0 bridgehead atoms. The van der Waals surface area contributed by atoms with Crippen LogP contribution in [-0.2, 0) is 22.4 Å². The van der Waals surface area contributed by atoms with Gasteiger partial charge < -0.3 is 14.6 Å². The molecule has 0 spiro atoms. The van der Waals surface area contributed by atoms with Crippen LogP contribution in [0, 0.1) is 12.8 Å². The Bertz CT molecular complexity index is 1220. The Morgan fingerprint density at radius 3 is 2.65 bits per heavy atom. The Labute approximate surface area is 198 Å². The van der Waals surface area contributed by atoms with E-state index in [9.17, 15) is 14.4 Å². The molecule has 1 N–H and O–H groups in total. The zero-order valence-corrected chi connectivity index (χ0v) is 19.6. The van der Waals surface area contributed by atoms with Crippen molar-refractivity contribution >= 4 is 23.3 Å². The number of aryl methyl sites for hydroxylation is 2. The molecule has 2 amide bonds. The molecule has 2 aromatic carbocycles. The van der Waals surface area contributed by atoms with Gasteiger partial charge in [-0.2, -0.15) is 0 Å². The molecule has 8 nitrogen and oxygen atoms in total. The molecule has 0 aliphatic carbocycles. The third kappa shape index (κ3) is 5.22. The van der Waals surface area contributed by atoms with Crippen molar-refractivity contribution in [3.8, 4) is 0 Å². The summed E-state index contributed by atoms with van der Waals surface area (Å²) in [5.74, 6) is -1.00. The Hall–Kier alpha value is -3.81. The van der Waals surface area contributed by atoms with Gasteiger partial charge in [0, 0.05) is 12.1 Å². The van der Waals surface area contributed by atoms with Gasteiger partial charge in [0.05, 0.1) is 12.5 Å². The maximum Gasteiger partial charge on any atom is 0.286 e. The molecule has 176 valence electrons. The first kappa shape index (κ1) is 23.4. The topological polar surface area (TPSA) is 105 Å². The molecular formula is C26H28N4O4. The second kappa shape index (κ2) is 9.99. The highest BCUT2D eigenvalue weighted by Gasteiger charge is 2.31. The smallest absolute Gasteiger partial charge is 0.286 e. The van der Waals surface area contributed by atoms with E-state index in [-0.39, 0.29) is 24.3 Å². The average molecular weight is 461 g/mol. The number of carbonyl (C=O) groups excluding carboxylic acids is 3. The zero-order chi connectivity index (χ0) is 24.2. The van der Waals surface area contributed by atoms with E-state index in [4.69, 9.17) is 4.42 Å². The van der Waals surface area contributed by atoms with Crippen LogP contribution in [0.15, 0.2) is 52.9 Å². The van der Waals surface area contributed by atoms with E-state index in [1.165, 1.54) is 4.90 Å². The van der Waals surface area contributed by atoms with E-state index in [0.29, 0.717) is 25.2 Å². The summed E-state index contributed by atoms with van der Waals surface area (Å²) in [4.78, 5) is 39.9. The number of aromatic nitrogens is 2. The van der Waals surface area contributed by atoms with Gasteiger partial charge in [0.1, 0.15) is 6.54 Å². The number of benzene rings is 2. The number of amides is 2. The number of nitrogens with zero attached hydrogens (tertiary/aromatic N) is 3. The van der Waals surface area contributed by atoms with Gasteiger partial charge in [0.2, 0.25) is 23.5 Å². The predicted molar refractivity (Wildman–Crippen MR) is 126 cm³/mol. The molecule has 0 saturated heterocycles. The SMILES string of the molecule is Cc1cccc(Cc2nnc(C(=O)C(NC(=O)CN3C(=O)CCc4ccccc43)C(C)C)o2)c1. The number of Topliss-reactive ketones (excluding diaryl/α,β-unsaturated/α-hetero) is 1. The van der Waals surface area contributed by atoms with E-state index in [1.54, 1.807) is 0 Å². The van der Waals surface area contributed by atoms with Crippen molar-refractivity contribution in [1.29, 1.82) is 0 Å². The standard InChI is InChI=1S/C26H28N4O4/c1-16(2)24(25(33)26-29-28-22(34-26)14-18-8-6-7-17(3)13-18)27-21(31)15-30-20-10-5-4-9-19(20)11-12-23(30)32/h4-10,13,16,24H,11-12,14-15H2,1-3H3,(H,27,31). The average Bonchev–Trinajstić information content (AvgIpc) is 3.27. The third-order valence-electron chi connectivity index (χ3n) is 5.87. The molecule has 34 heavy (non-hydrogen) atoms. The molecule has 2 heterocycles. The number of para-hydroxylation sites is 1. The predicted octanol–water partition coefficient (Wildman–Crippen LogP) is 3.27. The summed E-state index contributed by atoms with van der Waals surface area (Å²) in [5.41, 5.74) is 3.88. The summed E-state index contributed by atoms with van der Waals surface area (Å²) in [6.07, 6.45) is 1.42. The maximum atomic E-state index is 13.1. The summed E-state index contributed by atoms with van der Waals surface area (Å²) in [7, 11) is 0. The number of rotatable bonds is 8. The van der Waals surface area contributed by atoms with Crippen molar-refractivity contribution in [3.63, 3.8) is 0 Å². The third-order valence-corrected chi connectivity index (χ3v) is 5.87. The summed E-state index contributed by atoms with van der Waals surface area (Å²) in [6.45, 7) is 5.50. The highest BCUT2D eigenvalue weighted by Crippen LogP contribution is 2.27. The number of hydrogen-bond donors (Lipinski definition) is 1. The van der Waals surface area contributed by atoms with Crippen LogP contribution in [-0.4, -0.2) is 40.4 Å². The summed E-state index contributed by atoms with van der Waals surface area (Å²) in [5, 5.41) is 10.7. The fourth-order valence-corrected chi connectivity index (χ4v) is 4.12. The molecule has 8 heteroatoms. The molecule has 0 fully saturated rings. The lowest BCUT2D eigenvalue weighted by Gasteiger charge is -2.29. The molecule has 1 aliphatic rings. The number of carbonyl (C=O) groups is 3. The minimum absolute atomic E-state index is 0.112. The van der Waals surface area contributed by atoms with Crippen molar-refractivity contribution in [2.75, 3.05) is 11.4 Å². The van der Waals surface area contributed by atoms with Gasteiger partial charge >= 0.3 is 0 Å². The summed E-state index contributed by atoms with van der Waals surface area (Å²) < 4.78 is 5.63. The van der Waals surface area contributed by atoms with Crippen molar-refractivity contribution in [1.82, 2.24) is 15.5 Å². The van der Waals surface area contributed by atoms with Gasteiger partial charge in [-0.05, 0) is 36.5 Å². The van der Waals surface area contributed by atoms with Gasteiger partial charge in [-0.1, -0.05) is 61.9 Å². The van der Waals surface area contributed by atoms with Gasteiger partial charge in [-0.25, -0.2) is 0 Å². The summed E-state index contributed by atoms with van der Waals surface area (Å²) in [6, 6.07) is 14.6. The van der Waals surface area contributed by atoms with E-state index >= 15 is 0 Å². The first-order chi connectivity index (χ1) is 16.3. The molecule has 3 aromatic rings. The van der Waals surface area contributed by atoms with E-state index < -0.39 is 17.7 Å². The second-order valence-electron chi connectivity index (χ2n) is 8.93. The first-order valence-corrected chi connectivity index (χ1v) is 11.4. The normalized spacial score (nSPS) is 14.1. The Morgan fingerprint density at radius 1 is 1.09 bits per heavy atom. The van der Waals surface area contributed by atoms with Crippen LogP contribution in [0.3, 0.4) is 0 Å². The van der Waals surface area contributed by atoms with Gasteiger partial charge in [-0.15, -0.1) is 10.2 Å². The Balaban J connectivity index is 1.44. The molecule has 1 unspecified atom stereocenters. The molecule has 1 aromatic heterocycles. The second-order valence-corrected chi connectivity index (χ2v) is 8.93. The largest absolute Gasteiger partial charge is 0.418 e. The number of fused-ring (bicyclic) bond motifs is 1. The van der Waals surface area contributed by atoms with Crippen LogP contribution in [0.2, 0.25) is 0 Å². The highest BCUT2D eigenvalue weighted by atomic mass is 16.4. The fourth-order valence-electron chi connectivity index (χ4n) is 4.12. The number of ketones is 1. The quantitative estimate of drug-likeness (QED) is 0.517. The molecule has 0 saturated carbocycles. The molecule has 4 rings (SSSR count). The first-order valence-electron chi connectivity index (χ1n) is 11.4. The lowest BCUT2D eigenvalue weighted by molar-refractivity contribution is -0.124. The number of anilines is 1. The van der Waals surface area contributed by atoms with Crippen molar-refractivity contribution in [2.24, 2.45) is 5.92 Å². The van der Waals surface area contributed by atoms with Crippen molar-refractivity contribution in [3.05, 3.63) is 77.0 Å². The molecule has 1 atom stereocenters. The number of hydrogen-bond acceptors (Lipinski definition) is 6. The molecule has 1 aliphatic heterocycles. The van der Waals surface area contributed by atoms with Crippen LogP contribution in [0.1, 0.15) is 53.5 Å².